The van der Waals surface area contributed by atoms with E-state index < -0.39 is 0 Å². The van der Waals surface area contributed by atoms with Gasteiger partial charge in [0.25, 0.3) is 5.89 Å². The van der Waals surface area contributed by atoms with Gasteiger partial charge in [-0.1, -0.05) is 5.16 Å². The molecule has 2 aromatic heterocycles. The Morgan fingerprint density at radius 2 is 2.35 bits per heavy atom. The number of ether oxygens (including phenoxy) is 1. The van der Waals surface area contributed by atoms with Crippen molar-refractivity contribution in [3.05, 3.63) is 23.9 Å². The molecule has 0 saturated carbocycles. The fraction of sp³-hybridized carbons (Fsp3) is 0.455. The first kappa shape index (κ1) is 11.8. The molecule has 0 aromatic carbocycles. The van der Waals surface area contributed by atoms with E-state index in [1.54, 1.807) is 12.3 Å². The predicted octanol–water partition coefficient (Wildman–Crippen LogP) is 1.67. The minimum absolute atomic E-state index is 0.375. The molecule has 92 valence electrons. The summed E-state index contributed by atoms with van der Waals surface area (Å²) in [7, 11) is 0. The molecule has 0 bridgehead atoms. The van der Waals surface area contributed by atoms with Crippen molar-refractivity contribution in [1.82, 2.24) is 10.1 Å². The average Bonchev–Trinajstić information content (AvgIpc) is 2.93. The third-order valence-electron chi connectivity index (χ3n) is 2.36. The van der Waals surface area contributed by atoms with E-state index >= 15 is 0 Å². The van der Waals surface area contributed by atoms with Crippen molar-refractivity contribution in [3.8, 4) is 11.5 Å². The van der Waals surface area contributed by atoms with Gasteiger partial charge >= 0.3 is 0 Å². The Bertz CT molecular complexity index is 478. The van der Waals surface area contributed by atoms with E-state index in [1.165, 1.54) is 0 Å². The standard InChI is InChI=1S/C11H15N3O3/c1-3-15-6-9(12)10-13-11(17-14-10)8-4-5-16-7(8)2/h4-5,9H,3,6,12H2,1-2H3. The SMILES string of the molecule is CCOCC(N)c1noc(-c2ccoc2C)n1. The highest BCUT2D eigenvalue weighted by molar-refractivity contribution is 5.54. The van der Waals surface area contributed by atoms with Gasteiger partial charge in [0, 0.05) is 6.61 Å². The molecule has 0 aliphatic heterocycles. The normalized spacial score (nSPS) is 12.9. The van der Waals surface area contributed by atoms with Gasteiger partial charge in [0.1, 0.15) is 5.76 Å². The van der Waals surface area contributed by atoms with Gasteiger partial charge in [0.15, 0.2) is 5.82 Å². The molecule has 2 heterocycles. The molecule has 2 N–H and O–H groups in total. The second-order valence-corrected chi connectivity index (χ2v) is 3.61. The van der Waals surface area contributed by atoms with E-state index in [0.29, 0.717) is 24.9 Å². The number of hydrogen-bond acceptors (Lipinski definition) is 6. The van der Waals surface area contributed by atoms with Gasteiger partial charge in [0.05, 0.1) is 24.5 Å². The van der Waals surface area contributed by atoms with Gasteiger partial charge in [-0.25, -0.2) is 0 Å². The maximum atomic E-state index is 5.85. The van der Waals surface area contributed by atoms with E-state index in [1.807, 2.05) is 13.8 Å². The second-order valence-electron chi connectivity index (χ2n) is 3.61. The number of rotatable bonds is 5. The molecule has 1 atom stereocenters. The molecule has 1 unspecified atom stereocenters. The highest BCUT2D eigenvalue weighted by atomic mass is 16.5. The predicted molar refractivity (Wildman–Crippen MR) is 60.2 cm³/mol. The molecule has 0 fully saturated rings. The lowest BCUT2D eigenvalue weighted by Gasteiger charge is -2.05. The number of nitrogens with zero attached hydrogens (tertiary/aromatic N) is 2. The average molecular weight is 237 g/mol. The van der Waals surface area contributed by atoms with Crippen LogP contribution < -0.4 is 5.73 Å². The lowest BCUT2D eigenvalue weighted by Crippen LogP contribution is -2.18. The lowest BCUT2D eigenvalue weighted by molar-refractivity contribution is 0.130. The summed E-state index contributed by atoms with van der Waals surface area (Å²) in [6.45, 7) is 4.72. The molecule has 17 heavy (non-hydrogen) atoms. The number of nitrogens with two attached hydrogens (primary N) is 1. The fourth-order valence-electron chi connectivity index (χ4n) is 1.42. The smallest absolute Gasteiger partial charge is 0.261 e. The Morgan fingerprint density at radius 1 is 1.53 bits per heavy atom. The van der Waals surface area contributed by atoms with E-state index in [9.17, 15) is 0 Å². The van der Waals surface area contributed by atoms with Crippen LogP contribution in [-0.4, -0.2) is 23.4 Å². The zero-order valence-electron chi connectivity index (χ0n) is 9.84. The number of aryl methyl sites for hydroxylation is 1. The molecule has 0 saturated heterocycles. The zero-order valence-corrected chi connectivity index (χ0v) is 9.84. The number of furan rings is 1. The first-order chi connectivity index (χ1) is 8.22. The third kappa shape index (κ3) is 2.54. The molecule has 0 spiro atoms. The quantitative estimate of drug-likeness (QED) is 0.851. The molecule has 6 heteroatoms. The van der Waals surface area contributed by atoms with Crippen molar-refractivity contribution >= 4 is 0 Å². The summed E-state index contributed by atoms with van der Waals surface area (Å²) in [5, 5.41) is 3.83. The van der Waals surface area contributed by atoms with Crippen LogP contribution in [0.3, 0.4) is 0 Å². The first-order valence-electron chi connectivity index (χ1n) is 5.43. The van der Waals surface area contributed by atoms with Crippen LogP contribution in [0.5, 0.6) is 0 Å². The van der Waals surface area contributed by atoms with Crippen molar-refractivity contribution in [3.63, 3.8) is 0 Å². The van der Waals surface area contributed by atoms with E-state index in [4.69, 9.17) is 19.4 Å². The van der Waals surface area contributed by atoms with Crippen LogP contribution in [0, 0.1) is 6.92 Å². The summed E-state index contributed by atoms with van der Waals surface area (Å²) in [6, 6.07) is 1.40. The zero-order chi connectivity index (χ0) is 12.3. The minimum Gasteiger partial charge on any atom is -0.469 e. The second kappa shape index (κ2) is 5.11. The van der Waals surface area contributed by atoms with E-state index in [2.05, 4.69) is 10.1 Å². The van der Waals surface area contributed by atoms with Crippen LogP contribution in [0.2, 0.25) is 0 Å². The molecule has 0 amide bonds. The topological polar surface area (TPSA) is 87.3 Å². The van der Waals surface area contributed by atoms with Crippen molar-refractivity contribution in [2.24, 2.45) is 5.73 Å². The first-order valence-corrected chi connectivity index (χ1v) is 5.43. The molecule has 0 aliphatic rings. The minimum atomic E-state index is -0.375. The molecule has 2 aromatic rings. The van der Waals surface area contributed by atoms with Gasteiger partial charge in [-0.15, -0.1) is 0 Å². The molecule has 0 aliphatic carbocycles. The molecular formula is C11H15N3O3. The Labute approximate surface area is 98.7 Å². The molecular weight excluding hydrogens is 222 g/mol. The van der Waals surface area contributed by atoms with Gasteiger partial charge in [-0.2, -0.15) is 4.98 Å². The lowest BCUT2D eigenvalue weighted by atomic mass is 10.2. The Hall–Kier alpha value is -1.66. The molecule has 0 radical (unpaired) electrons. The van der Waals surface area contributed by atoms with Crippen LogP contribution >= 0.6 is 0 Å². The largest absolute Gasteiger partial charge is 0.469 e. The van der Waals surface area contributed by atoms with Crippen LogP contribution in [0.25, 0.3) is 11.5 Å². The summed E-state index contributed by atoms with van der Waals surface area (Å²) >= 11 is 0. The summed E-state index contributed by atoms with van der Waals surface area (Å²) in [6.07, 6.45) is 1.58. The summed E-state index contributed by atoms with van der Waals surface area (Å²) in [4.78, 5) is 4.22. The van der Waals surface area contributed by atoms with Crippen molar-refractivity contribution in [2.75, 3.05) is 13.2 Å². The van der Waals surface area contributed by atoms with Crippen molar-refractivity contribution in [2.45, 2.75) is 19.9 Å². The van der Waals surface area contributed by atoms with Gasteiger partial charge in [-0.3, -0.25) is 0 Å². The number of hydrogen-bond donors (Lipinski definition) is 1. The summed E-state index contributed by atoms with van der Waals surface area (Å²) < 4.78 is 15.5. The summed E-state index contributed by atoms with van der Waals surface area (Å²) in [5.41, 5.74) is 6.64. The third-order valence-corrected chi connectivity index (χ3v) is 2.36. The van der Waals surface area contributed by atoms with Gasteiger partial charge in [0.2, 0.25) is 0 Å². The van der Waals surface area contributed by atoms with E-state index in [-0.39, 0.29) is 6.04 Å². The Morgan fingerprint density at radius 3 is 3.00 bits per heavy atom. The maximum absolute atomic E-state index is 5.85. The van der Waals surface area contributed by atoms with Crippen LogP contribution in [0.1, 0.15) is 24.6 Å². The van der Waals surface area contributed by atoms with Gasteiger partial charge in [-0.05, 0) is 19.9 Å². The highest BCUT2D eigenvalue weighted by Crippen LogP contribution is 2.23. The monoisotopic (exact) mass is 237 g/mol. The van der Waals surface area contributed by atoms with E-state index in [0.717, 1.165) is 11.3 Å². The van der Waals surface area contributed by atoms with Crippen molar-refractivity contribution < 1.29 is 13.7 Å². The molecule has 6 nitrogen and oxygen atoms in total. The highest BCUT2D eigenvalue weighted by Gasteiger charge is 2.17. The fourth-order valence-corrected chi connectivity index (χ4v) is 1.42. The van der Waals surface area contributed by atoms with Crippen LogP contribution in [0.15, 0.2) is 21.3 Å². The van der Waals surface area contributed by atoms with Crippen LogP contribution in [-0.2, 0) is 4.74 Å². The number of aromatic nitrogens is 2. The Balaban J connectivity index is 2.13. The molecule has 2 rings (SSSR count). The van der Waals surface area contributed by atoms with Gasteiger partial charge < -0.3 is 19.4 Å². The van der Waals surface area contributed by atoms with Crippen LogP contribution in [0.4, 0.5) is 0 Å². The van der Waals surface area contributed by atoms with Crippen molar-refractivity contribution in [1.29, 1.82) is 0 Å². The maximum Gasteiger partial charge on any atom is 0.261 e. The Kier molecular flexibility index (Phi) is 3.55. The summed E-state index contributed by atoms with van der Waals surface area (Å²) in [5.74, 6) is 1.59.